The Balaban J connectivity index is 1.58. The summed E-state index contributed by atoms with van der Waals surface area (Å²) in [7, 11) is 0. The highest BCUT2D eigenvalue weighted by atomic mass is 16.5. The van der Waals surface area contributed by atoms with Crippen molar-refractivity contribution in [3.8, 4) is 11.4 Å². The Morgan fingerprint density at radius 3 is 2.52 bits per heavy atom. The number of hydrogen-bond donors (Lipinski definition) is 3. The number of ether oxygens (including phenoxy) is 1. The average molecular weight is 539 g/mol. The summed E-state index contributed by atoms with van der Waals surface area (Å²) >= 11 is 0. The zero-order valence-electron chi connectivity index (χ0n) is 21.3. The topological polar surface area (TPSA) is 183 Å². The monoisotopic (exact) mass is 538 g/mol. The number of nitrogens with two attached hydrogens (primary N) is 1. The summed E-state index contributed by atoms with van der Waals surface area (Å²) in [6, 6.07) is 7.54. The van der Waals surface area contributed by atoms with E-state index in [-0.39, 0.29) is 19.6 Å². The van der Waals surface area contributed by atoms with Crippen molar-refractivity contribution in [1.29, 1.82) is 0 Å². The quantitative estimate of drug-likeness (QED) is 0.268. The maximum absolute atomic E-state index is 11.8. The molecule has 1 aliphatic rings. The first-order valence-electron chi connectivity index (χ1n) is 12.4. The summed E-state index contributed by atoms with van der Waals surface area (Å²) in [6.45, 7) is -0.184. The molecule has 4 aromatic rings. The van der Waals surface area contributed by atoms with E-state index in [0.717, 1.165) is 0 Å². The summed E-state index contributed by atoms with van der Waals surface area (Å²) in [5, 5.41) is 19.1. The van der Waals surface area contributed by atoms with Gasteiger partial charge in [0, 0.05) is 41.8 Å². The van der Waals surface area contributed by atoms with Crippen LogP contribution in [0, 0.1) is 5.92 Å². The van der Waals surface area contributed by atoms with Gasteiger partial charge in [-0.05, 0) is 36.8 Å². The number of carbonyl (C=O) groups is 1. The van der Waals surface area contributed by atoms with E-state index >= 15 is 0 Å². The summed E-state index contributed by atoms with van der Waals surface area (Å²) in [5.41, 5.74) is 8.27. The first-order chi connectivity index (χ1) is 19.5. The van der Waals surface area contributed by atoms with Crippen molar-refractivity contribution in [2.45, 2.75) is 31.3 Å². The predicted octanol–water partition coefficient (Wildman–Crippen LogP) is 2.09. The molecule has 0 radical (unpaired) electrons. The Morgan fingerprint density at radius 2 is 1.80 bits per heavy atom. The Hall–Kier alpha value is -4.78. The van der Waals surface area contributed by atoms with Crippen LogP contribution in [-0.4, -0.2) is 57.1 Å². The molecule has 1 aliphatic carbocycles. The van der Waals surface area contributed by atoms with Gasteiger partial charge in [0.25, 0.3) is 0 Å². The zero-order valence-corrected chi connectivity index (χ0v) is 21.3. The van der Waals surface area contributed by atoms with Gasteiger partial charge in [0.15, 0.2) is 5.82 Å². The van der Waals surface area contributed by atoms with Gasteiger partial charge in [-0.15, -0.1) is 0 Å². The van der Waals surface area contributed by atoms with Crippen molar-refractivity contribution in [3.63, 3.8) is 0 Å². The number of aliphatic hydroxyl groups excluding tert-OH is 1. The molecule has 4 heterocycles. The van der Waals surface area contributed by atoms with E-state index in [1.807, 2.05) is 18.2 Å². The fraction of sp³-hybridized carbons (Fsp3) is 0.214. The second kappa shape index (κ2) is 11.9. The largest absolute Gasteiger partial charge is 0.480 e. The molecule has 0 spiro atoms. The maximum Gasteiger partial charge on any atom is 0.320 e. The number of nitrogens with zero attached hydrogens (tertiary/aromatic N) is 7. The molecule has 0 saturated heterocycles. The predicted molar refractivity (Wildman–Crippen MR) is 143 cm³/mol. The smallest absolute Gasteiger partial charge is 0.320 e. The Kier molecular flexibility index (Phi) is 8.01. The highest BCUT2D eigenvalue weighted by molar-refractivity contribution is 5.76. The molecule has 3 atom stereocenters. The lowest BCUT2D eigenvalue weighted by molar-refractivity contribution is -0.139. The molecular formula is C28H26N8O4. The van der Waals surface area contributed by atoms with Crippen LogP contribution in [0.3, 0.4) is 0 Å². The first-order valence-corrected chi connectivity index (χ1v) is 12.4. The van der Waals surface area contributed by atoms with Crippen LogP contribution < -0.4 is 5.73 Å². The molecule has 4 aromatic heterocycles. The third kappa shape index (κ3) is 5.50. The lowest BCUT2D eigenvalue weighted by atomic mass is 9.71. The number of aromatic nitrogens is 7. The minimum absolute atomic E-state index is 0.0204. The second-order valence-electron chi connectivity index (χ2n) is 9.03. The number of aliphatic hydroxyl groups is 1. The van der Waals surface area contributed by atoms with Crippen LogP contribution in [0.5, 0.6) is 0 Å². The van der Waals surface area contributed by atoms with Gasteiger partial charge in [-0.2, -0.15) is 0 Å². The number of carboxylic acid groups (broad SMARTS) is 1. The maximum atomic E-state index is 11.8. The van der Waals surface area contributed by atoms with Crippen LogP contribution in [0.1, 0.15) is 29.2 Å². The number of pyridine rings is 1. The van der Waals surface area contributed by atoms with E-state index < -0.39 is 23.5 Å². The standard InChI is InChI=1S/C28H26N8O4/c29-23(27(38)39)13-19-2-1-3-22(24-6-8-30-16-34-24)28(19,25-7-9-31-17-35-25)40-15-20-5-11-33-26(36-20)18-4-10-32-21(12-18)14-37/h1-12,16-17,19,23,37H,13-15,29H2,(H,38,39). The molecule has 0 aliphatic heterocycles. The summed E-state index contributed by atoms with van der Waals surface area (Å²) in [5.74, 6) is -1.21. The fourth-order valence-corrected chi connectivity index (χ4v) is 4.69. The number of hydrogen-bond acceptors (Lipinski definition) is 11. The summed E-state index contributed by atoms with van der Waals surface area (Å²) < 4.78 is 6.78. The highest BCUT2D eigenvalue weighted by Crippen LogP contribution is 2.49. The van der Waals surface area contributed by atoms with E-state index in [2.05, 4.69) is 34.9 Å². The molecule has 0 aromatic carbocycles. The molecule has 3 unspecified atom stereocenters. The molecule has 0 fully saturated rings. The van der Waals surface area contributed by atoms with Crippen molar-refractivity contribution < 1.29 is 19.7 Å². The lowest BCUT2D eigenvalue weighted by Gasteiger charge is -2.42. The third-order valence-corrected chi connectivity index (χ3v) is 6.57. The molecule has 40 heavy (non-hydrogen) atoms. The average Bonchev–Trinajstić information content (AvgIpc) is 3.01. The fourth-order valence-electron chi connectivity index (χ4n) is 4.69. The minimum Gasteiger partial charge on any atom is -0.480 e. The Morgan fingerprint density at radius 1 is 1.00 bits per heavy atom. The van der Waals surface area contributed by atoms with Crippen LogP contribution in [0.25, 0.3) is 17.0 Å². The van der Waals surface area contributed by atoms with Crippen molar-refractivity contribution in [1.82, 2.24) is 34.9 Å². The molecule has 12 heteroatoms. The van der Waals surface area contributed by atoms with Gasteiger partial charge < -0.3 is 20.7 Å². The zero-order chi connectivity index (χ0) is 28.0. The van der Waals surface area contributed by atoms with Gasteiger partial charge in [0.2, 0.25) is 0 Å². The van der Waals surface area contributed by atoms with E-state index in [9.17, 15) is 15.0 Å². The molecule has 0 bridgehead atoms. The number of carboxylic acids is 1. The Bertz CT molecular complexity index is 1530. The highest BCUT2D eigenvalue weighted by Gasteiger charge is 2.48. The van der Waals surface area contributed by atoms with Gasteiger partial charge >= 0.3 is 5.97 Å². The van der Waals surface area contributed by atoms with E-state index in [1.165, 1.54) is 12.7 Å². The van der Waals surface area contributed by atoms with Gasteiger partial charge in [0.1, 0.15) is 24.3 Å². The first kappa shape index (κ1) is 26.8. The van der Waals surface area contributed by atoms with Gasteiger partial charge in [0.05, 0.1) is 36.0 Å². The molecule has 0 amide bonds. The van der Waals surface area contributed by atoms with Gasteiger partial charge in [-0.1, -0.05) is 18.2 Å². The van der Waals surface area contributed by atoms with Crippen LogP contribution in [0.2, 0.25) is 0 Å². The summed E-state index contributed by atoms with van der Waals surface area (Å²) in [6.07, 6.45) is 14.9. The molecule has 5 rings (SSSR count). The number of aliphatic carboxylic acids is 1. The van der Waals surface area contributed by atoms with Gasteiger partial charge in [-0.3, -0.25) is 9.78 Å². The SMILES string of the molecule is NC(CC1C=CC=C(c2ccncn2)C1(OCc1ccnc(-c2ccnc(CO)c2)n1)c1ccncn1)C(=O)O. The van der Waals surface area contributed by atoms with Crippen LogP contribution in [-0.2, 0) is 28.3 Å². The van der Waals surface area contributed by atoms with E-state index in [1.54, 1.807) is 55.1 Å². The van der Waals surface area contributed by atoms with Crippen LogP contribution >= 0.6 is 0 Å². The van der Waals surface area contributed by atoms with Crippen molar-refractivity contribution in [2.24, 2.45) is 11.7 Å². The summed E-state index contributed by atoms with van der Waals surface area (Å²) in [4.78, 5) is 42.1. The van der Waals surface area contributed by atoms with Gasteiger partial charge in [-0.25, -0.2) is 29.9 Å². The normalized spacial score (nSPS) is 19.1. The van der Waals surface area contributed by atoms with Crippen molar-refractivity contribution in [3.05, 3.63) is 109 Å². The Labute approximate surface area is 229 Å². The molecule has 4 N–H and O–H groups in total. The van der Waals surface area contributed by atoms with Crippen molar-refractivity contribution >= 4 is 11.5 Å². The molecule has 202 valence electrons. The lowest BCUT2D eigenvalue weighted by Crippen LogP contribution is -2.45. The van der Waals surface area contributed by atoms with Crippen molar-refractivity contribution in [2.75, 3.05) is 0 Å². The molecule has 12 nitrogen and oxygen atoms in total. The molecular weight excluding hydrogens is 512 g/mol. The van der Waals surface area contributed by atoms with E-state index in [0.29, 0.717) is 39.7 Å². The second-order valence-corrected chi connectivity index (χ2v) is 9.03. The van der Waals surface area contributed by atoms with E-state index in [4.69, 9.17) is 10.5 Å². The van der Waals surface area contributed by atoms with Crippen LogP contribution in [0.4, 0.5) is 0 Å². The van der Waals surface area contributed by atoms with Crippen LogP contribution in [0.15, 0.2) is 86.0 Å². The minimum atomic E-state index is -1.29. The molecule has 0 saturated carbocycles. The number of rotatable bonds is 10. The third-order valence-electron chi connectivity index (χ3n) is 6.57. The number of allylic oxidation sites excluding steroid dienone is 2.